The zero-order chi connectivity index (χ0) is 28.5. The highest BCUT2D eigenvalue weighted by Gasteiger charge is 2.18. The van der Waals surface area contributed by atoms with E-state index in [-0.39, 0.29) is 0 Å². The van der Waals surface area contributed by atoms with Gasteiger partial charge in [0.15, 0.2) is 0 Å². The van der Waals surface area contributed by atoms with Crippen molar-refractivity contribution in [3.63, 3.8) is 0 Å². The van der Waals surface area contributed by atoms with E-state index in [2.05, 4.69) is 109 Å². The fourth-order valence-electron chi connectivity index (χ4n) is 5.89. The van der Waals surface area contributed by atoms with Gasteiger partial charge in [0, 0.05) is 0 Å². The van der Waals surface area contributed by atoms with E-state index < -0.39 is 0 Å². The van der Waals surface area contributed by atoms with E-state index >= 15 is 0 Å². The summed E-state index contributed by atoms with van der Waals surface area (Å²) in [6.07, 6.45) is 0. The lowest BCUT2D eigenvalue weighted by Crippen LogP contribution is -1.92. The lowest BCUT2D eigenvalue weighted by atomic mass is 9.84. The Kier molecular flexibility index (Phi) is 6.29. The molecule has 0 aromatic heterocycles. The number of nitriles is 2. The monoisotopic (exact) mass is 532 g/mol. The van der Waals surface area contributed by atoms with Gasteiger partial charge in [-0.1, -0.05) is 109 Å². The maximum Gasteiger partial charge on any atom is 0.0991 e. The summed E-state index contributed by atoms with van der Waals surface area (Å²) in [7, 11) is 0. The van der Waals surface area contributed by atoms with Gasteiger partial charge in [0.2, 0.25) is 0 Å². The van der Waals surface area contributed by atoms with Crippen molar-refractivity contribution in [2.75, 3.05) is 0 Å². The van der Waals surface area contributed by atoms with E-state index in [0.29, 0.717) is 11.1 Å². The van der Waals surface area contributed by atoms with Crippen molar-refractivity contribution in [3.8, 4) is 56.6 Å². The van der Waals surface area contributed by atoms with Crippen LogP contribution in [0.25, 0.3) is 66.1 Å². The van der Waals surface area contributed by atoms with Crippen molar-refractivity contribution in [2.24, 2.45) is 0 Å². The molecular weight excluding hydrogens is 508 g/mol. The fraction of sp³-hybridized carbons (Fsp3) is 0. The normalized spacial score (nSPS) is 10.8. The number of hydrogen-bond acceptors (Lipinski definition) is 2. The van der Waals surface area contributed by atoms with Crippen molar-refractivity contribution in [1.29, 1.82) is 10.5 Å². The van der Waals surface area contributed by atoms with Gasteiger partial charge in [-0.25, -0.2) is 0 Å². The molecule has 0 fully saturated rings. The molecule has 194 valence electrons. The Morgan fingerprint density at radius 1 is 0.310 bits per heavy atom. The molecule has 0 bridgehead atoms. The summed E-state index contributed by atoms with van der Waals surface area (Å²) in [6, 6.07) is 54.6. The van der Waals surface area contributed by atoms with Crippen LogP contribution in [-0.4, -0.2) is 0 Å². The topological polar surface area (TPSA) is 47.6 Å². The highest BCUT2D eigenvalue weighted by atomic mass is 14.2. The summed E-state index contributed by atoms with van der Waals surface area (Å²) >= 11 is 0. The van der Waals surface area contributed by atoms with Gasteiger partial charge in [-0.05, 0) is 102 Å². The Morgan fingerprint density at radius 3 is 1.02 bits per heavy atom. The van der Waals surface area contributed by atoms with Crippen molar-refractivity contribution in [2.45, 2.75) is 0 Å². The van der Waals surface area contributed by atoms with Crippen LogP contribution < -0.4 is 0 Å². The standard InChI is InChI=1S/C40H24N2/c41-25-27-11-15-29(16-12-27)33-20-22-36-37(23-33)39(31-7-3-1-4-8-31)35-21-19-34(30-17-13-28(26-42)14-18-30)24-38(35)40(36)32-9-5-2-6-10-32/h1-24H. The zero-order valence-corrected chi connectivity index (χ0v) is 22.8. The van der Waals surface area contributed by atoms with Gasteiger partial charge in [0.25, 0.3) is 0 Å². The molecule has 0 amide bonds. The molecule has 0 aliphatic rings. The number of nitrogens with zero attached hydrogens (tertiary/aromatic N) is 2. The molecule has 0 radical (unpaired) electrons. The molecule has 2 heteroatoms. The molecule has 0 unspecified atom stereocenters. The first kappa shape index (κ1) is 25.0. The summed E-state index contributed by atoms with van der Waals surface area (Å²) in [5.41, 5.74) is 10.4. The molecule has 0 N–H and O–H groups in total. The van der Waals surface area contributed by atoms with Gasteiger partial charge in [0.1, 0.15) is 0 Å². The predicted molar refractivity (Wildman–Crippen MR) is 173 cm³/mol. The first-order valence-electron chi connectivity index (χ1n) is 13.9. The molecule has 7 aromatic carbocycles. The average Bonchev–Trinajstić information content (AvgIpc) is 3.07. The average molecular weight is 533 g/mol. The van der Waals surface area contributed by atoms with E-state index in [0.717, 1.165) is 33.4 Å². The molecule has 0 atom stereocenters. The Morgan fingerprint density at radius 2 is 0.667 bits per heavy atom. The first-order valence-corrected chi connectivity index (χ1v) is 13.9. The summed E-state index contributed by atoms with van der Waals surface area (Å²) in [4.78, 5) is 0. The molecule has 0 saturated carbocycles. The second-order valence-electron chi connectivity index (χ2n) is 10.4. The second-order valence-corrected chi connectivity index (χ2v) is 10.4. The van der Waals surface area contributed by atoms with Gasteiger partial charge < -0.3 is 0 Å². The van der Waals surface area contributed by atoms with Crippen LogP contribution in [0, 0.1) is 22.7 Å². The lowest BCUT2D eigenvalue weighted by molar-refractivity contribution is 1.48. The molecule has 7 aromatic rings. The van der Waals surface area contributed by atoms with Crippen LogP contribution in [-0.2, 0) is 0 Å². The Bertz CT molecular complexity index is 2000. The predicted octanol–water partition coefficient (Wildman–Crippen LogP) is 10.4. The minimum Gasteiger partial charge on any atom is -0.192 e. The molecule has 0 aliphatic heterocycles. The van der Waals surface area contributed by atoms with Gasteiger partial charge >= 0.3 is 0 Å². The maximum atomic E-state index is 9.30. The summed E-state index contributed by atoms with van der Waals surface area (Å²) in [6.45, 7) is 0. The molecule has 0 heterocycles. The van der Waals surface area contributed by atoms with Gasteiger partial charge in [-0.15, -0.1) is 0 Å². The van der Waals surface area contributed by atoms with Crippen molar-refractivity contribution in [1.82, 2.24) is 0 Å². The minimum atomic E-state index is 0.653. The van der Waals surface area contributed by atoms with Crippen LogP contribution in [0.15, 0.2) is 146 Å². The second kappa shape index (κ2) is 10.5. The quantitative estimate of drug-likeness (QED) is 0.212. The Hall–Kier alpha value is -5.96. The largest absolute Gasteiger partial charge is 0.192 e. The maximum absolute atomic E-state index is 9.30. The minimum absolute atomic E-state index is 0.653. The zero-order valence-electron chi connectivity index (χ0n) is 22.8. The summed E-state index contributed by atoms with van der Waals surface area (Å²) in [5, 5.41) is 23.3. The van der Waals surface area contributed by atoms with E-state index in [1.807, 2.05) is 48.5 Å². The molecular formula is C40H24N2. The smallest absolute Gasteiger partial charge is 0.0991 e. The Labute approximate surface area is 245 Å². The van der Waals surface area contributed by atoms with Crippen LogP contribution in [0.5, 0.6) is 0 Å². The van der Waals surface area contributed by atoms with Gasteiger partial charge in [-0.2, -0.15) is 10.5 Å². The number of benzene rings is 7. The van der Waals surface area contributed by atoms with Crippen molar-refractivity contribution in [3.05, 3.63) is 157 Å². The van der Waals surface area contributed by atoms with E-state index in [9.17, 15) is 10.5 Å². The van der Waals surface area contributed by atoms with Crippen LogP contribution in [0.1, 0.15) is 11.1 Å². The van der Waals surface area contributed by atoms with Gasteiger partial charge in [-0.3, -0.25) is 0 Å². The lowest BCUT2D eigenvalue weighted by Gasteiger charge is -2.19. The van der Waals surface area contributed by atoms with Crippen molar-refractivity contribution >= 4 is 21.5 Å². The third-order valence-corrected chi connectivity index (χ3v) is 7.94. The Balaban J connectivity index is 1.58. The van der Waals surface area contributed by atoms with Gasteiger partial charge in [0.05, 0.1) is 23.3 Å². The number of fused-ring (bicyclic) bond motifs is 2. The highest BCUT2D eigenvalue weighted by molar-refractivity contribution is 6.22. The SMILES string of the molecule is N#Cc1ccc(-c2ccc3c(-c4ccccc4)c4cc(-c5ccc(C#N)cc5)ccc4c(-c4ccccc4)c3c2)cc1. The molecule has 42 heavy (non-hydrogen) atoms. The van der Waals surface area contributed by atoms with Crippen LogP contribution in [0.3, 0.4) is 0 Å². The summed E-state index contributed by atoms with van der Waals surface area (Å²) in [5.74, 6) is 0. The molecule has 2 nitrogen and oxygen atoms in total. The number of hydrogen-bond donors (Lipinski definition) is 0. The van der Waals surface area contributed by atoms with E-state index in [1.54, 1.807) is 0 Å². The van der Waals surface area contributed by atoms with E-state index in [1.165, 1.54) is 32.7 Å². The first-order chi connectivity index (χ1) is 20.7. The summed E-state index contributed by atoms with van der Waals surface area (Å²) < 4.78 is 0. The van der Waals surface area contributed by atoms with E-state index in [4.69, 9.17) is 0 Å². The third-order valence-electron chi connectivity index (χ3n) is 7.94. The molecule has 0 spiro atoms. The highest BCUT2D eigenvalue weighted by Crippen LogP contribution is 2.45. The third kappa shape index (κ3) is 4.39. The van der Waals surface area contributed by atoms with Crippen LogP contribution >= 0.6 is 0 Å². The molecule has 7 rings (SSSR count). The molecule has 0 saturated heterocycles. The van der Waals surface area contributed by atoms with Crippen molar-refractivity contribution < 1.29 is 0 Å². The number of rotatable bonds is 4. The van der Waals surface area contributed by atoms with Crippen LogP contribution in [0.2, 0.25) is 0 Å². The fourth-order valence-corrected chi connectivity index (χ4v) is 5.89. The van der Waals surface area contributed by atoms with Crippen LogP contribution in [0.4, 0.5) is 0 Å². The molecule has 0 aliphatic carbocycles.